The smallest absolute Gasteiger partial charge is 0.239 e. The van der Waals surface area contributed by atoms with Gasteiger partial charge in [-0.25, -0.2) is 0 Å². The van der Waals surface area contributed by atoms with Crippen LogP contribution < -0.4 is 5.32 Å². The molecule has 0 aliphatic carbocycles. The lowest BCUT2D eigenvalue weighted by atomic mass is 9.98. The average Bonchev–Trinajstić information content (AvgIpc) is 2.97. The van der Waals surface area contributed by atoms with Gasteiger partial charge in [-0.15, -0.1) is 0 Å². The van der Waals surface area contributed by atoms with E-state index >= 15 is 0 Å². The molecule has 0 aromatic carbocycles. The average molecular weight is 295 g/mol. The number of amides is 1. The van der Waals surface area contributed by atoms with E-state index in [0.29, 0.717) is 11.9 Å². The third-order valence-electron chi connectivity index (χ3n) is 4.81. The summed E-state index contributed by atoms with van der Waals surface area (Å²) in [6, 6.07) is 0.537. The zero-order valence-electron chi connectivity index (χ0n) is 14.3. The van der Waals surface area contributed by atoms with E-state index in [1.54, 1.807) is 0 Å². The predicted octanol–water partition coefficient (Wildman–Crippen LogP) is 2.24. The van der Waals surface area contributed by atoms with E-state index in [1.807, 2.05) is 0 Å². The van der Waals surface area contributed by atoms with Gasteiger partial charge in [0.25, 0.3) is 0 Å². The lowest BCUT2D eigenvalue weighted by Crippen LogP contribution is -2.56. The number of nitrogens with zero attached hydrogens (tertiary/aromatic N) is 2. The van der Waals surface area contributed by atoms with Crippen LogP contribution in [0.5, 0.6) is 0 Å². The first-order valence-electron chi connectivity index (χ1n) is 8.68. The van der Waals surface area contributed by atoms with Gasteiger partial charge in [-0.1, -0.05) is 6.42 Å². The summed E-state index contributed by atoms with van der Waals surface area (Å²) in [7, 11) is 0. The summed E-state index contributed by atoms with van der Waals surface area (Å²) in [5.41, 5.74) is 0.144. The molecule has 4 nitrogen and oxygen atoms in total. The first-order valence-corrected chi connectivity index (χ1v) is 8.68. The number of carbonyl (C=O) groups excluding carboxylic acids is 1. The van der Waals surface area contributed by atoms with Crippen LogP contribution in [-0.4, -0.2) is 59.5 Å². The van der Waals surface area contributed by atoms with Crippen LogP contribution in [0, 0.1) is 0 Å². The molecule has 1 N–H and O–H groups in total. The molecule has 2 heterocycles. The fraction of sp³-hybridized carbons (Fsp3) is 0.941. The standard InChI is InChI=1S/C17H33N3O/c1-14(16(21)19-10-7-8-11-19)20-12-6-5-9-15(20)13-18-17(2,3)4/h14-15,18H,5-13H2,1-4H3. The summed E-state index contributed by atoms with van der Waals surface area (Å²) in [5.74, 6) is 0.343. The molecule has 21 heavy (non-hydrogen) atoms. The molecule has 0 aromatic heterocycles. The number of likely N-dealkylation sites (tertiary alicyclic amines) is 2. The normalized spacial score (nSPS) is 26.1. The number of rotatable bonds is 4. The van der Waals surface area contributed by atoms with Crippen LogP contribution in [-0.2, 0) is 4.79 Å². The van der Waals surface area contributed by atoms with E-state index in [9.17, 15) is 4.79 Å². The van der Waals surface area contributed by atoms with Crippen LogP contribution in [0.2, 0.25) is 0 Å². The molecular formula is C17H33N3O. The number of carbonyl (C=O) groups is 1. The summed E-state index contributed by atoms with van der Waals surface area (Å²) in [5, 5.41) is 3.62. The molecular weight excluding hydrogens is 262 g/mol. The molecule has 2 aliphatic heterocycles. The Morgan fingerprint density at radius 2 is 1.76 bits per heavy atom. The Hall–Kier alpha value is -0.610. The number of piperidine rings is 1. The molecule has 2 fully saturated rings. The second kappa shape index (κ2) is 7.10. The van der Waals surface area contributed by atoms with Crippen LogP contribution in [0.4, 0.5) is 0 Å². The summed E-state index contributed by atoms with van der Waals surface area (Å²) in [6.07, 6.45) is 6.07. The minimum absolute atomic E-state index is 0.0372. The minimum Gasteiger partial charge on any atom is -0.341 e. The molecule has 0 radical (unpaired) electrons. The third kappa shape index (κ3) is 4.68. The van der Waals surface area contributed by atoms with Gasteiger partial charge in [0.2, 0.25) is 5.91 Å². The Morgan fingerprint density at radius 1 is 1.14 bits per heavy atom. The minimum atomic E-state index is 0.0372. The van der Waals surface area contributed by atoms with Crippen molar-refractivity contribution in [2.45, 2.75) is 77.4 Å². The number of hydrogen-bond acceptors (Lipinski definition) is 3. The summed E-state index contributed by atoms with van der Waals surface area (Å²) in [6.45, 7) is 12.7. The summed E-state index contributed by atoms with van der Waals surface area (Å²) < 4.78 is 0. The van der Waals surface area contributed by atoms with Gasteiger partial charge in [-0.2, -0.15) is 0 Å². The Balaban J connectivity index is 1.94. The van der Waals surface area contributed by atoms with Crippen molar-refractivity contribution in [1.82, 2.24) is 15.1 Å². The molecule has 2 rings (SSSR count). The Labute approximate surface area is 130 Å². The van der Waals surface area contributed by atoms with E-state index in [2.05, 4.69) is 42.8 Å². The maximum atomic E-state index is 12.7. The Kier molecular flexibility index (Phi) is 5.67. The zero-order chi connectivity index (χ0) is 15.5. The predicted molar refractivity (Wildman–Crippen MR) is 87.4 cm³/mol. The van der Waals surface area contributed by atoms with E-state index < -0.39 is 0 Å². The first-order chi connectivity index (χ1) is 9.88. The highest BCUT2D eigenvalue weighted by molar-refractivity contribution is 5.81. The second-order valence-electron chi connectivity index (χ2n) is 7.73. The highest BCUT2D eigenvalue weighted by Crippen LogP contribution is 2.22. The molecule has 2 atom stereocenters. The van der Waals surface area contributed by atoms with Gasteiger partial charge in [0.1, 0.15) is 0 Å². The topological polar surface area (TPSA) is 35.6 Å². The van der Waals surface area contributed by atoms with E-state index in [1.165, 1.54) is 32.1 Å². The quantitative estimate of drug-likeness (QED) is 0.864. The van der Waals surface area contributed by atoms with Crippen LogP contribution in [0.1, 0.15) is 59.8 Å². The van der Waals surface area contributed by atoms with E-state index in [-0.39, 0.29) is 11.6 Å². The lowest BCUT2D eigenvalue weighted by molar-refractivity contribution is -0.136. The van der Waals surface area contributed by atoms with Crippen molar-refractivity contribution < 1.29 is 4.79 Å². The first kappa shape index (κ1) is 16.8. The Morgan fingerprint density at radius 3 is 2.38 bits per heavy atom. The molecule has 122 valence electrons. The maximum Gasteiger partial charge on any atom is 0.239 e. The van der Waals surface area contributed by atoms with Crippen molar-refractivity contribution in [2.75, 3.05) is 26.2 Å². The van der Waals surface area contributed by atoms with E-state index in [0.717, 1.165) is 26.2 Å². The number of nitrogens with one attached hydrogen (secondary N) is 1. The molecule has 0 saturated carbocycles. The van der Waals surface area contributed by atoms with Crippen LogP contribution in [0.25, 0.3) is 0 Å². The fourth-order valence-electron chi connectivity index (χ4n) is 3.52. The molecule has 0 bridgehead atoms. The fourth-order valence-corrected chi connectivity index (χ4v) is 3.52. The molecule has 2 aliphatic rings. The van der Waals surface area contributed by atoms with Crippen molar-refractivity contribution in [3.63, 3.8) is 0 Å². The van der Waals surface area contributed by atoms with Crippen LogP contribution in [0.15, 0.2) is 0 Å². The molecule has 0 spiro atoms. The van der Waals surface area contributed by atoms with Crippen LogP contribution >= 0.6 is 0 Å². The van der Waals surface area contributed by atoms with Gasteiger partial charge in [-0.05, 0) is 59.9 Å². The molecule has 4 heteroatoms. The monoisotopic (exact) mass is 295 g/mol. The molecule has 2 saturated heterocycles. The number of hydrogen-bond donors (Lipinski definition) is 1. The Bertz CT molecular complexity index is 344. The van der Waals surface area contributed by atoms with Crippen LogP contribution in [0.3, 0.4) is 0 Å². The van der Waals surface area contributed by atoms with Crippen molar-refractivity contribution in [3.05, 3.63) is 0 Å². The maximum absolute atomic E-state index is 12.7. The van der Waals surface area contributed by atoms with Gasteiger partial charge in [0.05, 0.1) is 6.04 Å². The van der Waals surface area contributed by atoms with E-state index in [4.69, 9.17) is 0 Å². The van der Waals surface area contributed by atoms with Crippen molar-refractivity contribution in [2.24, 2.45) is 0 Å². The van der Waals surface area contributed by atoms with Crippen molar-refractivity contribution >= 4 is 5.91 Å². The largest absolute Gasteiger partial charge is 0.341 e. The zero-order valence-corrected chi connectivity index (χ0v) is 14.3. The van der Waals surface area contributed by atoms with Gasteiger partial charge in [-0.3, -0.25) is 9.69 Å². The highest BCUT2D eigenvalue weighted by atomic mass is 16.2. The molecule has 0 aromatic rings. The van der Waals surface area contributed by atoms with Crippen molar-refractivity contribution in [3.8, 4) is 0 Å². The lowest BCUT2D eigenvalue weighted by Gasteiger charge is -2.41. The SMILES string of the molecule is CC(C(=O)N1CCCC1)N1CCCCC1CNC(C)(C)C. The summed E-state index contributed by atoms with van der Waals surface area (Å²) >= 11 is 0. The van der Waals surface area contributed by atoms with Gasteiger partial charge in [0, 0.05) is 31.2 Å². The van der Waals surface area contributed by atoms with Gasteiger partial charge in [0.15, 0.2) is 0 Å². The van der Waals surface area contributed by atoms with Gasteiger partial charge < -0.3 is 10.2 Å². The second-order valence-corrected chi connectivity index (χ2v) is 7.73. The van der Waals surface area contributed by atoms with Crippen molar-refractivity contribution in [1.29, 1.82) is 0 Å². The molecule has 1 amide bonds. The molecule has 2 unspecified atom stereocenters. The third-order valence-corrected chi connectivity index (χ3v) is 4.81. The highest BCUT2D eigenvalue weighted by Gasteiger charge is 2.33. The summed E-state index contributed by atoms with van der Waals surface area (Å²) in [4.78, 5) is 17.2. The van der Waals surface area contributed by atoms with Gasteiger partial charge >= 0.3 is 0 Å².